The molecule has 0 saturated carbocycles. The van der Waals surface area contributed by atoms with E-state index in [0.29, 0.717) is 16.5 Å². The Morgan fingerprint density at radius 1 is 1.18 bits per heavy atom. The average Bonchev–Trinajstić information content (AvgIpc) is 2.48. The maximum Gasteiger partial charge on any atom is 0.137 e. The summed E-state index contributed by atoms with van der Waals surface area (Å²) in [4.78, 5) is 0. The van der Waals surface area contributed by atoms with Crippen molar-refractivity contribution >= 4 is 7.28 Å². The van der Waals surface area contributed by atoms with Crippen LogP contribution in [0.1, 0.15) is 51.1 Å². The lowest BCUT2D eigenvalue weighted by molar-refractivity contribution is 0.272. The fourth-order valence-corrected chi connectivity index (χ4v) is 2.92. The lowest BCUT2D eigenvalue weighted by atomic mass is 9.47. The number of nitrogens with zero attached hydrogens (tertiary/aromatic N) is 1. The van der Waals surface area contributed by atoms with Crippen molar-refractivity contribution in [2.24, 2.45) is 5.41 Å². The van der Waals surface area contributed by atoms with Crippen LogP contribution in [0.25, 0.3) is 0 Å². The Balaban J connectivity index is 2.23. The molecular formula is C15H20BN. The molecule has 0 radical (unpaired) electrons. The highest BCUT2D eigenvalue weighted by molar-refractivity contribution is 6.43. The number of nitriles is 1. The Morgan fingerprint density at radius 2 is 1.76 bits per heavy atom. The number of benzene rings is 1. The van der Waals surface area contributed by atoms with Gasteiger partial charge in [0.25, 0.3) is 0 Å². The molecule has 17 heavy (non-hydrogen) atoms. The molecule has 1 aliphatic rings. The van der Waals surface area contributed by atoms with E-state index in [1.165, 1.54) is 19.3 Å². The quantitative estimate of drug-likeness (QED) is 0.669. The molecule has 2 heteroatoms. The van der Waals surface area contributed by atoms with Crippen LogP contribution in [0.3, 0.4) is 0 Å². The molecule has 0 aliphatic carbocycles. The van der Waals surface area contributed by atoms with Crippen LogP contribution in [-0.4, -0.2) is 7.28 Å². The fraction of sp³-hybridized carbons (Fsp3) is 0.533. The monoisotopic (exact) mass is 225 g/mol. The molecule has 2 rings (SSSR count). The summed E-state index contributed by atoms with van der Waals surface area (Å²) in [5.74, 6) is 0.646. The molecule has 0 N–H and O–H groups in total. The molecule has 1 unspecified atom stereocenters. The molecule has 1 nitrogen and oxygen atoms in total. The van der Waals surface area contributed by atoms with E-state index in [0.717, 1.165) is 5.56 Å². The van der Waals surface area contributed by atoms with Crippen LogP contribution in [0.5, 0.6) is 0 Å². The average molecular weight is 225 g/mol. The fourth-order valence-electron chi connectivity index (χ4n) is 2.92. The smallest absolute Gasteiger partial charge is 0.137 e. The van der Waals surface area contributed by atoms with Crippen molar-refractivity contribution in [1.29, 1.82) is 5.26 Å². The highest BCUT2D eigenvalue weighted by atomic mass is 14.4. The molecule has 0 aromatic heterocycles. The van der Waals surface area contributed by atoms with Crippen LogP contribution in [-0.2, 0) is 0 Å². The van der Waals surface area contributed by atoms with Gasteiger partial charge in [-0.15, -0.1) is 0 Å². The summed E-state index contributed by atoms with van der Waals surface area (Å²) in [6.07, 6.45) is 1.24. The first-order valence-electron chi connectivity index (χ1n) is 6.36. The molecule has 1 atom stereocenters. The summed E-state index contributed by atoms with van der Waals surface area (Å²) in [6.45, 7) is 9.49. The topological polar surface area (TPSA) is 23.8 Å². The lowest BCUT2D eigenvalue weighted by Crippen LogP contribution is -2.23. The first-order valence-corrected chi connectivity index (χ1v) is 6.36. The van der Waals surface area contributed by atoms with Crippen LogP contribution < -0.4 is 0 Å². The molecule has 1 heterocycles. The highest BCUT2D eigenvalue weighted by Gasteiger charge is 2.47. The maximum absolute atomic E-state index is 8.81. The van der Waals surface area contributed by atoms with E-state index in [9.17, 15) is 0 Å². The Morgan fingerprint density at radius 3 is 2.18 bits per heavy atom. The largest absolute Gasteiger partial charge is 0.192 e. The van der Waals surface area contributed by atoms with E-state index in [1.54, 1.807) is 0 Å². The molecule has 1 aromatic rings. The summed E-state index contributed by atoms with van der Waals surface area (Å²) < 4.78 is 0. The van der Waals surface area contributed by atoms with Gasteiger partial charge in [0.15, 0.2) is 0 Å². The standard InChI is InChI=1S/C15H20BN/c1-14(2)9-13(16-15(14,3)4)12-7-5-11(10-17)6-8-12/h5-8,13,16H,9H2,1-4H3. The van der Waals surface area contributed by atoms with Crippen molar-refractivity contribution < 1.29 is 0 Å². The zero-order valence-electron chi connectivity index (χ0n) is 11.2. The summed E-state index contributed by atoms with van der Waals surface area (Å²) in [7, 11) is 1.24. The van der Waals surface area contributed by atoms with E-state index in [1.807, 2.05) is 12.1 Å². The van der Waals surface area contributed by atoms with E-state index >= 15 is 0 Å². The lowest BCUT2D eigenvalue weighted by Gasteiger charge is -2.34. The van der Waals surface area contributed by atoms with E-state index in [-0.39, 0.29) is 0 Å². The number of hydrogen-bond acceptors (Lipinski definition) is 1. The first kappa shape index (κ1) is 12.2. The predicted octanol–water partition coefficient (Wildman–Crippen LogP) is 3.66. The molecule has 1 aliphatic heterocycles. The highest BCUT2D eigenvalue weighted by Crippen LogP contribution is 2.57. The molecule has 0 spiro atoms. The SMILES string of the molecule is CC1(C)BC(c2ccc(C#N)cc2)CC1(C)C. The first-order chi connectivity index (χ1) is 7.86. The normalized spacial score (nSPS) is 25.0. The molecule has 0 amide bonds. The van der Waals surface area contributed by atoms with E-state index in [4.69, 9.17) is 5.26 Å². The van der Waals surface area contributed by atoms with Gasteiger partial charge in [-0.3, -0.25) is 0 Å². The van der Waals surface area contributed by atoms with Crippen molar-refractivity contribution in [3.05, 3.63) is 35.4 Å². The van der Waals surface area contributed by atoms with Gasteiger partial charge in [-0.1, -0.05) is 50.7 Å². The Kier molecular flexibility index (Phi) is 2.82. The second-order valence-electron chi connectivity index (χ2n) is 6.61. The summed E-state index contributed by atoms with van der Waals surface area (Å²) in [6, 6.07) is 10.3. The zero-order valence-corrected chi connectivity index (χ0v) is 11.2. The third-order valence-corrected chi connectivity index (χ3v) is 4.86. The molecular weight excluding hydrogens is 205 g/mol. The molecule has 1 aromatic carbocycles. The third kappa shape index (κ3) is 2.11. The van der Waals surface area contributed by atoms with E-state index < -0.39 is 0 Å². The van der Waals surface area contributed by atoms with Crippen LogP contribution in [0.4, 0.5) is 0 Å². The van der Waals surface area contributed by atoms with Crippen molar-refractivity contribution in [2.45, 2.75) is 45.2 Å². The zero-order chi connectivity index (χ0) is 12.7. The van der Waals surface area contributed by atoms with Gasteiger partial charge in [0.05, 0.1) is 11.6 Å². The Bertz CT molecular complexity index is 435. The van der Waals surface area contributed by atoms with Gasteiger partial charge in [-0.2, -0.15) is 5.26 Å². The van der Waals surface area contributed by atoms with Gasteiger partial charge in [-0.05, 0) is 29.8 Å². The van der Waals surface area contributed by atoms with Gasteiger partial charge in [0.2, 0.25) is 0 Å². The minimum atomic E-state index is 0.394. The van der Waals surface area contributed by atoms with Crippen molar-refractivity contribution in [1.82, 2.24) is 0 Å². The van der Waals surface area contributed by atoms with Crippen molar-refractivity contribution in [3.8, 4) is 6.07 Å². The minimum absolute atomic E-state index is 0.394. The van der Waals surface area contributed by atoms with E-state index in [2.05, 4.69) is 45.9 Å². The van der Waals surface area contributed by atoms with Gasteiger partial charge in [-0.25, -0.2) is 0 Å². The van der Waals surface area contributed by atoms with Gasteiger partial charge in [0.1, 0.15) is 7.28 Å². The molecule has 0 bridgehead atoms. The Hall–Kier alpha value is -1.23. The maximum atomic E-state index is 8.81. The van der Waals surface area contributed by atoms with Gasteiger partial charge in [0, 0.05) is 0 Å². The number of rotatable bonds is 1. The van der Waals surface area contributed by atoms with Crippen molar-refractivity contribution in [2.75, 3.05) is 0 Å². The Labute approximate surface area is 105 Å². The van der Waals surface area contributed by atoms with Gasteiger partial charge >= 0.3 is 0 Å². The van der Waals surface area contributed by atoms with Gasteiger partial charge < -0.3 is 0 Å². The van der Waals surface area contributed by atoms with Crippen LogP contribution in [0.15, 0.2) is 24.3 Å². The van der Waals surface area contributed by atoms with Crippen LogP contribution in [0, 0.1) is 16.7 Å². The summed E-state index contributed by atoms with van der Waals surface area (Å²) in [5, 5.41) is 9.20. The molecule has 88 valence electrons. The van der Waals surface area contributed by atoms with Crippen molar-refractivity contribution in [3.63, 3.8) is 0 Å². The van der Waals surface area contributed by atoms with Crippen LogP contribution in [0.2, 0.25) is 5.31 Å². The van der Waals surface area contributed by atoms with Crippen LogP contribution >= 0.6 is 0 Å². The predicted molar refractivity (Wildman–Crippen MR) is 73.5 cm³/mol. The summed E-state index contributed by atoms with van der Waals surface area (Å²) in [5.41, 5.74) is 2.54. The minimum Gasteiger partial charge on any atom is -0.192 e. The molecule has 1 fully saturated rings. The second kappa shape index (κ2) is 3.91. The summed E-state index contributed by atoms with van der Waals surface area (Å²) >= 11 is 0. The third-order valence-electron chi connectivity index (χ3n) is 4.86. The number of hydrogen-bond donors (Lipinski definition) is 0. The molecule has 1 saturated heterocycles. The second-order valence-corrected chi connectivity index (χ2v) is 6.61.